The van der Waals surface area contributed by atoms with Crippen molar-refractivity contribution in [2.45, 2.75) is 12.8 Å². The number of carbonyl (C=O) groups excluding carboxylic acids is 1. The summed E-state index contributed by atoms with van der Waals surface area (Å²) in [5, 5.41) is 3.44. The van der Waals surface area contributed by atoms with Crippen LogP contribution >= 0.6 is 0 Å². The van der Waals surface area contributed by atoms with Gasteiger partial charge in [-0.05, 0) is 43.7 Å². The van der Waals surface area contributed by atoms with Crippen LogP contribution in [0.4, 0.5) is 0 Å². The molecule has 0 aromatic heterocycles. The summed E-state index contributed by atoms with van der Waals surface area (Å²) < 4.78 is 5.11. The number of methoxy groups -OCH3 is 1. The number of ether oxygens (including phenoxy) is 1. The summed E-state index contributed by atoms with van der Waals surface area (Å²) in [6.07, 6.45) is 2.47. The van der Waals surface area contributed by atoms with Crippen LogP contribution in [0.3, 0.4) is 0 Å². The number of benzene rings is 1. The molecule has 0 bridgehead atoms. The quantitative estimate of drug-likeness (QED) is 0.876. The van der Waals surface area contributed by atoms with Gasteiger partial charge in [-0.15, -0.1) is 0 Å². The Morgan fingerprint density at radius 2 is 2.05 bits per heavy atom. The third-order valence-electron chi connectivity index (χ3n) is 4.24. The van der Waals surface area contributed by atoms with Crippen LogP contribution in [0.15, 0.2) is 24.3 Å². The maximum atomic E-state index is 12.3. The highest BCUT2D eigenvalue weighted by atomic mass is 16.5. The van der Waals surface area contributed by atoms with Crippen molar-refractivity contribution in [2.75, 3.05) is 33.3 Å². The fourth-order valence-electron chi connectivity index (χ4n) is 3.12. The van der Waals surface area contributed by atoms with Crippen molar-refractivity contribution < 1.29 is 9.53 Å². The second-order valence-electron chi connectivity index (χ2n) is 5.67. The van der Waals surface area contributed by atoms with Crippen molar-refractivity contribution in [2.24, 2.45) is 5.41 Å². The monoisotopic (exact) mass is 260 g/mol. The molecule has 2 heterocycles. The molecule has 4 heteroatoms. The fourth-order valence-corrected chi connectivity index (χ4v) is 3.12. The van der Waals surface area contributed by atoms with Gasteiger partial charge in [-0.2, -0.15) is 0 Å². The molecule has 1 amide bonds. The molecule has 102 valence electrons. The first-order valence-corrected chi connectivity index (χ1v) is 6.87. The normalized spacial score (nSPS) is 21.0. The molecule has 1 N–H and O–H groups in total. The number of nitrogens with zero attached hydrogens (tertiary/aromatic N) is 1. The predicted octanol–water partition coefficient (Wildman–Crippen LogP) is 1.52. The SMILES string of the molecule is COc1ccc(C(=O)N2CC3(CCCNC3)C2)cc1. The molecule has 0 atom stereocenters. The van der Waals surface area contributed by atoms with Crippen molar-refractivity contribution in [1.82, 2.24) is 10.2 Å². The highest BCUT2D eigenvalue weighted by Gasteiger charge is 2.45. The molecule has 2 fully saturated rings. The first kappa shape index (κ1) is 12.5. The maximum absolute atomic E-state index is 12.3. The zero-order valence-corrected chi connectivity index (χ0v) is 11.3. The predicted molar refractivity (Wildman–Crippen MR) is 73.4 cm³/mol. The number of nitrogens with one attached hydrogen (secondary N) is 1. The van der Waals surface area contributed by atoms with Crippen LogP contribution in [0.25, 0.3) is 0 Å². The van der Waals surface area contributed by atoms with E-state index in [1.54, 1.807) is 7.11 Å². The summed E-state index contributed by atoms with van der Waals surface area (Å²) in [6.45, 7) is 3.96. The third kappa shape index (κ3) is 2.32. The van der Waals surface area contributed by atoms with Gasteiger partial charge >= 0.3 is 0 Å². The van der Waals surface area contributed by atoms with E-state index in [1.807, 2.05) is 29.2 Å². The molecule has 0 radical (unpaired) electrons. The fraction of sp³-hybridized carbons (Fsp3) is 0.533. The van der Waals surface area contributed by atoms with Crippen LogP contribution in [-0.2, 0) is 0 Å². The first-order chi connectivity index (χ1) is 9.22. The first-order valence-electron chi connectivity index (χ1n) is 6.87. The number of hydrogen-bond donors (Lipinski definition) is 1. The highest BCUT2D eigenvalue weighted by molar-refractivity contribution is 5.95. The Morgan fingerprint density at radius 3 is 2.63 bits per heavy atom. The van der Waals surface area contributed by atoms with Crippen molar-refractivity contribution >= 4 is 5.91 Å². The van der Waals surface area contributed by atoms with Crippen molar-refractivity contribution in [3.05, 3.63) is 29.8 Å². The second kappa shape index (κ2) is 4.85. The summed E-state index contributed by atoms with van der Waals surface area (Å²) in [5.74, 6) is 0.923. The van der Waals surface area contributed by atoms with E-state index in [9.17, 15) is 4.79 Å². The van der Waals surface area contributed by atoms with Gasteiger partial charge in [0.15, 0.2) is 0 Å². The van der Waals surface area contributed by atoms with E-state index < -0.39 is 0 Å². The van der Waals surface area contributed by atoms with Gasteiger partial charge in [-0.1, -0.05) is 0 Å². The summed E-state index contributed by atoms with van der Waals surface area (Å²) in [5.41, 5.74) is 1.10. The molecule has 0 saturated carbocycles. The van der Waals surface area contributed by atoms with Gasteiger partial charge < -0.3 is 15.0 Å². The molecule has 1 aromatic carbocycles. The molecule has 19 heavy (non-hydrogen) atoms. The Hall–Kier alpha value is -1.55. The summed E-state index contributed by atoms with van der Waals surface area (Å²) in [6, 6.07) is 7.35. The highest BCUT2D eigenvalue weighted by Crippen LogP contribution is 2.37. The molecular weight excluding hydrogens is 240 g/mol. The molecule has 3 rings (SSSR count). The minimum atomic E-state index is 0.138. The van der Waals surface area contributed by atoms with Gasteiger partial charge in [0, 0.05) is 30.6 Å². The van der Waals surface area contributed by atoms with Crippen molar-refractivity contribution in [3.63, 3.8) is 0 Å². The molecule has 2 aliphatic rings. The lowest BCUT2D eigenvalue weighted by Crippen LogP contribution is -2.63. The van der Waals surface area contributed by atoms with Crippen LogP contribution < -0.4 is 10.1 Å². The molecule has 0 aliphatic carbocycles. The number of rotatable bonds is 2. The lowest BCUT2D eigenvalue weighted by molar-refractivity contribution is -0.00722. The van der Waals surface area contributed by atoms with Crippen molar-refractivity contribution in [1.29, 1.82) is 0 Å². The van der Waals surface area contributed by atoms with E-state index in [2.05, 4.69) is 5.32 Å². The lowest BCUT2D eigenvalue weighted by Gasteiger charge is -2.52. The lowest BCUT2D eigenvalue weighted by atomic mass is 9.74. The van der Waals surface area contributed by atoms with Crippen molar-refractivity contribution in [3.8, 4) is 5.75 Å². The minimum absolute atomic E-state index is 0.138. The topological polar surface area (TPSA) is 41.6 Å². The van der Waals surface area contributed by atoms with Gasteiger partial charge in [0.2, 0.25) is 0 Å². The average Bonchev–Trinajstić information content (AvgIpc) is 2.45. The van der Waals surface area contributed by atoms with E-state index in [0.717, 1.165) is 37.5 Å². The summed E-state index contributed by atoms with van der Waals surface area (Å²) >= 11 is 0. The smallest absolute Gasteiger partial charge is 0.253 e. The van der Waals surface area contributed by atoms with E-state index in [4.69, 9.17) is 4.74 Å². The van der Waals surface area contributed by atoms with Crippen LogP contribution in [0.2, 0.25) is 0 Å². The zero-order chi connectivity index (χ0) is 13.3. The number of hydrogen-bond acceptors (Lipinski definition) is 3. The summed E-state index contributed by atoms with van der Waals surface area (Å²) in [4.78, 5) is 14.3. The van der Waals surface area contributed by atoms with Gasteiger partial charge in [0.1, 0.15) is 5.75 Å². The zero-order valence-electron chi connectivity index (χ0n) is 11.3. The number of piperidine rings is 1. The van der Waals surface area contributed by atoms with E-state index in [1.165, 1.54) is 12.8 Å². The minimum Gasteiger partial charge on any atom is -0.497 e. The average molecular weight is 260 g/mol. The second-order valence-corrected chi connectivity index (χ2v) is 5.67. The van der Waals surface area contributed by atoms with Gasteiger partial charge in [0.05, 0.1) is 7.11 Å². The molecule has 1 spiro atoms. The maximum Gasteiger partial charge on any atom is 0.253 e. The van der Waals surface area contributed by atoms with Crippen LogP contribution in [0, 0.1) is 5.41 Å². The molecule has 4 nitrogen and oxygen atoms in total. The number of carbonyl (C=O) groups is 1. The molecular formula is C15H20N2O2. The molecule has 2 aliphatic heterocycles. The van der Waals surface area contributed by atoms with Gasteiger partial charge in [-0.25, -0.2) is 0 Å². The third-order valence-corrected chi connectivity index (χ3v) is 4.24. The number of likely N-dealkylation sites (tertiary alicyclic amines) is 1. The Kier molecular flexibility index (Phi) is 3.19. The van der Waals surface area contributed by atoms with Crippen LogP contribution in [0.5, 0.6) is 5.75 Å². The largest absolute Gasteiger partial charge is 0.497 e. The van der Waals surface area contributed by atoms with Crippen LogP contribution in [-0.4, -0.2) is 44.1 Å². The van der Waals surface area contributed by atoms with Gasteiger partial charge in [-0.3, -0.25) is 4.79 Å². The van der Waals surface area contributed by atoms with E-state index >= 15 is 0 Å². The Labute approximate surface area is 113 Å². The standard InChI is InChI=1S/C15H20N2O2/c1-19-13-5-3-12(4-6-13)14(18)17-10-15(11-17)7-2-8-16-9-15/h3-6,16H,2,7-11H2,1H3. The molecule has 2 saturated heterocycles. The molecule has 0 unspecified atom stereocenters. The van der Waals surface area contributed by atoms with E-state index in [-0.39, 0.29) is 5.91 Å². The van der Waals surface area contributed by atoms with Crippen LogP contribution in [0.1, 0.15) is 23.2 Å². The Balaban J connectivity index is 1.62. The summed E-state index contributed by atoms with van der Waals surface area (Å²) in [7, 11) is 1.63. The van der Waals surface area contributed by atoms with Gasteiger partial charge in [0.25, 0.3) is 5.91 Å². The Morgan fingerprint density at radius 1 is 1.32 bits per heavy atom. The molecule has 1 aromatic rings. The van der Waals surface area contributed by atoms with E-state index in [0.29, 0.717) is 5.41 Å². The Bertz CT molecular complexity index is 456. The number of amides is 1.